The smallest absolute Gasteiger partial charge is 0.141 e. The number of rotatable bonds is 3. The molecule has 0 radical (unpaired) electrons. The summed E-state index contributed by atoms with van der Waals surface area (Å²) in [6.07, 6.45) is 0. The van der Waals surface area contributed by atoms with E-state index in [0.29, 0.717) is 11.6 Å². The van der Waals surface area contributed by atoms with Gasteiger partial charge >= 0.3 is 0 Å². The van der Waals surface area contributed by atoms with E-state index in [1.54, 1.807) is 0 Å². The Kier molecular flexibility index (Phi) is 3.66. The highest BCUT2D eigenvalue weighted by atomic mass is 79.9. The number of halogens is 2. The molecule has 0 fully saturated rings. The van der Waals surface area contributed by atoms with Crippen molar-refractivity contribution in [3.05, 3.63) is 35.0 Å². The molecule has 0 aliphatic rings. The van der Waals surface area contributed by atoms with Gasteiger partial charge in [0.05, 0.1) is 22.8 Å². The van der Waals surface area contributed by atoms with Gasteiger partial charge in [-0.3, -0.25) is 0 Å². The maximum Gasteiger partial charge on any atom is 0.141 e. The highest BCUT2D eigenvalue weighted by Crippen LogP contribution is 2.27. The summed E-state index contributed by atoms with van der Waals surface area (Å²) < 4.78 is 5.58. The molecule has 0 atom stereocenters. The number of nitrogens with zero attached hydrogens (tertiary/aromatic N) is 1. The molecular formula is C12H11BrClNO. The number of fused-ring (bicyclic) bond motifs is 1. The second-order valence-corrected chi connectivity index (χ2v) is 4.62. The first-order valence-electron chi connectivity index (χ1n) is 4.97. The van der Waals surface area contributed by atoms with Crippen molar-refractivity contribution in [2.75, 3.05) is 11.9 Å². The van der Waals surface area contributed by atoms with Crippen LogP contribution >= 0.6 is 27.5 Å². The Morgan fingerprint density at radius 3 is 3.00 bits per heavy atom. The third kappa shape index (κ3) is 2.30. The maximum atomic E-state index is 6.11. The topological polar surface area (TPSA) is 22.1 Å². The van der Waals surface area contributed by atoms with E-state index in [4.69, 9.17) is 16.3 Å². The summed E-state index contributed by atoms with van der Waals surface area (Å²) in [5.74, 6) is 0.792. The van der Waals surface area contributed by atoms with E-state index in [-0.39, 0.29) is 0 Å². The molecule has 0 saturated heterocycles. The molecule has 1 aromatic carbocycles. The Morgan fingerprint density at radius 2 is 2.25 bits per heavy atom. The number of aryl methyl sites for hydroxylation is 1. The Morgan fingerprint density at radius 1 is 1.44 bits per heavy atom. The number of aromatic nitrogens is 1. The summed E-state index contributed by atoms with van der Waals surface area (Å²) in [6.45, 7) is 2.56. The molecule has 0 aliphatic carbocycles. The fourth-order valence-electron chi connectivity index (χ4n) is 1.53. The van der Waals surface area contributed by atoms with Gasteiger partial charge in [-0.15, -0.1) is 0 Å². The molecule has 2 rings (SSSR count). The van der Waals surface area contributed by atoms with Crippen LogP contribution in [0.5, 0.6) is 5.75 Å². The summed E-state index contributed by atoms with van der Waals surface area (Å²) in [7, 11) is 0. The molecule has 2 aromatic rings. The molecule has 16 heavy (non-hydrogen) atoms. The third-order valence-electron chi connectivity index (χ3n) is 2.28. The highest BCUT2D eigenvalue weighted by Gasteiger charge is 2.06. The minimum atomic E-state index is 0.623. The summed E-state index contributed by atoms with van der Waals surface area (Å²) in [6, 6.07) is 7.65. The van der Waals surface area contributed by atoms with Crippen LogP contribution in [0.2, 0.25) is 5.02 Å². The maximum absolute atomic E-state index is 6.11. The Bertz CT molecular complexity index is 516. The van der Waals surface area contributed by atoms with Crippen molar-refractivity contribution < 1.29 is 4.74 Å². The van der Waals surface area contributed by atoms with Gasteiger partial charge in [-0.1, -0.05) is 33.6 Å². The van der Waals surface area contributed by atoms with Crippen molar-refractivity contribution in [2.45, 2.75) is 6.92 Å². The van der Waals surface area contributed by atoms with Gasteiger partial charge in [-0.2, -0.15) is 0 Å². The first-order chi connectivity index (χ1) is 7.72. The molecule has 0 unspecified atom stereocenters. The lowest BCUT2D eigenvalue weighted by molar-refractivity contribution is 0.341. The van der Waals surface area contributed by atoms with Crippen LogP contribution in [0.3, 0.4) is 0 Å². The lowest BCUT2D eigenvalue weighted by Crippen LogP contribution is -2.00. The molecule has 0 saturated carbocycles. The molecule has 4 heteroatoms. The molecule has 0 N–H and O–H groups in total. The van der Waals surface area contributed by atoms with Crippen LogP contribution in [0.4, 0.5) is 0 Å². The first kappa shape index (κ1) is 11.7. The lowest BCUT2D eigenvalue weighted by atomic mass is 10.2. The van der Waals surface area contributed by atoms with Crippen LogP contribution in [0, 0.1) is 6.92 Å². The van der Waals surface area contributed by atoms with Gasteiger partial charge in [-0.05, 0) is 25.1 Å². The van der Waals surface area contributed by atoms with E-state index in [1.165, 1.54) is 0 Å². The summed E-state index contributed by atoms with van der Waals surface area (Å²) in [4.78, 5) is 4.46. The van der Waals surface area contributed by atoms with E-state index in [2.05, 4.69) is 20.9 Å². The number of pyridine rings is 1. The third-order valence-corrected chi connectivity index (χ3v) is 2.94. The van der Waals surface area contributed by atoms with Crippen LogP contribution in [0.15, 0.2) is 24.3 Å². The minimum Gasteiger partial charge on any atom is -0.491 e. The Balaban J connectivity index is 2.51. The molecule has 1 heterocycles. The van der Waals surface area contributed by atoms with E-state index < -0.39 is 0 Å². The Labute approximate surface area is 108 Å². The van der Waals surface area contributed by atoms with Gasteiger partial charge in [0.1, 0.15) is 5.75 Å². The second-order valence-electron chi connectivity index (χ2n) is 3.42. The van der Waals surface area contributed by atoms with Crippen molar-refractivity contribution in [1.82, 2.24) is 4.98 Å². The number of benzene rings is 1. The molecule has 0 amide bonds. The molecule has 2 nitrogen and oxygen atoms in total. The standard InChI is InChI=1S/C12H11BrClNO/c1-8-12(16-6-5-13)7-9-10(14)3-2-4-11(9)15-8/h2-4,7H,5-6H2,1H3. The Hall–Kier alpha value is -0.800. The number of hydrogen-bond donors (Lipinski definition) is 0. The van der Waals surface area contributed by atoms with Crippen molar-refractivity contribution in [3.63, 3.8) is 0 Å². The van der Waals surface area contributed by atoms with Crippen molar-refractivity contribution >= 4 is 38.4 Å². The van der Waals surface area contributed by atoms with Crippen LogP contribution in [-0.4, -0.2) is 16.9 Å². The second kappa shape index (κ2) is 5.02. The van der Waals surface area contributed by atoms with Gasteiger partial charge in [-0.25, -0.2) is 4.98 Å². The molecule has 0 aliphatic heterocycles. The van der Waals surface area contributed by atoms with Gasteiger partial charge in [0.2, 0.25) is 0 Å². The fraction of sp³-hybridized carbons (Fsp3) is 0.250. The average Bonchev–Trinajstić information content (AvgIpc) is 2.27. The zero-order valence-electron chi connectivity index (χ0n) is 8.84. The monoisotopic (exact) mass is 299 g/mol. The average molecular weight is 301 g/mol. The number of ether oxygens (including phenoxy) is 1. The highest BCUT2D eigenvalue weighted by molar-refractivity contribution is 9.09. The minimum absolute atomic E-state index is 0.623. The van der Waals surface area contributed by atoms with Crippen molar-refractivity contribution in [3.8, 4) is 5.75 Å². The fourth-order valence-corrected chi connectivity index (χ4v) is 1.92. The van der Waals surface area contributed by atoms with Crippen LogP contribution in [-0.2, 0) is 0 Å². The van der Waals surface area contributed by atoms with E-state index in [9.17, 15) is 0 Å². The summed E-state index contributed by atoms with van der Waals surface area (Å²) in [5, 5.41) is 2.43. The normalized spacial score (nSPS) is 10.7. The van der Waals surface area contributed by atoms with Crippen molar-refractivity contribution in [1.29, 1.82) is 0 Å². The predicted octanol–water partition coefficient (Wildman–Crippen LogP) is 3.97. The zero-order valence-corrected chi connectivity index (χ0v) is 11.2. The van der Waals surface area contributed by atoms with Gasteiger partial charge in [0.15, 0.2) is 0 Å². The van der Waals surface area contributed by atoms with Gasteiger partial charge < -0.3 is 4.74 Å². The quantitative estimate of drug-likeness (QED) is 0.800. The van der Waals surface area contributed by atoms with Crippen molar-refractivity contribution in [2.24, 2.45) is 0 Å². The van der Waals surface area contributed by atoms with Gasteiger partial charge in [0.25, 0.3) is 0 Å². The molecular weight excluding hydrogens is 289 g/mol. The van der Waals surface area contributed by atoms with E-state index in [0.717, 1.165) is 27.7 Å². The summed E-state index contributed by atoms with van der Waals surface area (Å²) >= 11 is 9.43. The molecule has 1 aromatic heterocycles. The number of hydrogen-bond acceptors (Lipinski definition) is 2. The largest absolute Gasteiger partial charge is 0.491 e. The molecule has 0 spiro atoms. The summed E-state index contributed by atoms with van der Waals surface area (Å²) in [5.41, 5.74) is 1.78. The van der Waals surface area contributed by atoms with Crippen LogP contribution < -0.4 is 4.74 Å². The zero-order chi connectivity index (χ0) is 11.5. The number of alkyl halides is 1. The SMILES string of the molecule is Cc1nc2cccc(Cl)c2cc1OCCBr. The first-order valence-corrected chi connectivity index (χ1v) is 6.47. The predicted molar refractivity (Wildman–Crippen MR) is 70.8 cm³/mol. The van der Waals surface area contributed by atoms with Crippen LogP contribution in [0.25, 0.3) is 10.9 Å². The molecule has 84 valence electrons. The van der Waals surface area contributed by atoms with E-state index in [1.807, 2.05) is 31.2 Å². The molecule has 0 bridgehead atoms. The lowest BCUT2D eigenvalue weighted by Gasteiger charge is -2.09. The van der Waals surface area contributed by atoms with Gasteiger partial charge in [0, 0.05) is 10.7 Å². The van der Waals surface area contributed by atoms with E-state index >= 15 is 0 Å². The van der Waals surface area contributed by atoms with Crippen LogP contribution in [0.1, 0.15) is 5.69 Å².